The SMILES string of the molecule is N#Cc1ccc(S(=O)(=O)Nc2ccccc2S(=O)(=O)F)s1. The number of benzene rings is 1. The molecule has 1 heterocycles. The van der Waals surface area contributed by atoms with Crippen LogP contribution < -0.4 is 4.72 Å². The third kappa shape index (κ3) is 3.38. The van der Waals surface area contributed by atoms with Gasteiger partial charge in [0.15, 0.2) is 0 Å². The van der Waals surface area contributed by atoms with Crippen molar-refractivity contribution in [1.82, 2.24) is 0 Å². The second kappa shape index (κ2) is 5.44. The topological polar surface area (TPSA) is 104 Å². The van der Waals surface area contributed by atoms with Crippen molar-refractivity contribution in [2.75, 3.05) is 4.72 Å². The largest absolute Gasteiger partial charge is 0.334 e. The highest BCUT2D eigenvalue weighted by atomic mass is 32.3. The van der Waals surface area contributed by atoms with Gasteiger partial charge in [-0.25, -0.2) is 8.42 Å². The Hall–Kier alpha value is -1.96. The van der Waals surface area contributed by atoms with Gasteiger partial charge < -0.3 is 0 Å². The molecule has 1 aromatic heterocycles. The molecule has 6 nitrogen and oxygen atoms in total. The second-order valence-electron chi connectivity index (χ2n) is 3.77. The molecule has 0 amide bonds. The average molecular weight is 346 g/mol. The van der Waals surface area contributed by atoms with Crippen LogP contribution in [-0.2, 0) is 20.2 Å². The lowest BCUT2D eigenvalue weighted by Gasteiger charge is -2.08. The van der Waals surface area contributed by atoms with Crippen molar-refractivity contribution in [3.63, 3.8) is 0 Å². The summed E-state index contributed by atoms with van der Waals surface area (Å²) < 4.78 is 61.1. The minimum absolute atomic E-state index is 0.176. The van der Waals surface area contributed by atoms with Crippen LogP contribution in [0, 0.1) is 11.3 Å². The molecule has 2 aromatic rings. The Morgan fingerprint density at radius 3 is 2.33 bits per heavy atom. The highest BCUT2D eigenvalue weighted by Crippen LogP contribution is 2.27. The van der Waals surface area contributed by atoms with E-state index in [2.05, 4.69) is 0 Å². The molecule has 0 saturated carbocycles. The molecule has 2 rings (SSSR count). The van der Waals surface area contributed by atoms with E-state index in [-0.39, 0.29) is 9.09 Å². The van der Waals surface area contributed by atoms with E-state index < -0.39 is 30.8 Å². The van der Waals surface area contributed by atoms with Crippen LogP contribution in [0.5, 0.6) is 0 Å². The predicted octanol–water partition coefficient (Wildman–Crippen LogP) is 2.08. The summed E-state index contributed by atoms with van der Waals surface area (Å²) in [5.74, 6) is 0. The zero-order chi connectivity index (χ0) is 15.7. The van der Waals surface area contributed by atoms with Gasteiger partial charge in [0.05, 0.1) is 5.69 Å². The summed E-state index contributed by atoms with van der Waals surface area (Å²) in [6.07, 6.45) is 0. The van der Waals surface area contributed by atoms with Crippen molar-refractivity contribution >= 4 is 37.3 Å². The van der Waals surface area contributed by atoms with Gasteiger partial charge in [-0.2, -0.15) is 13.7 Å². The van der Waals surface area contributed by atoms with Gasteiger partial charge in [-0.15, -0.1) is 15.2 Å². The number of nitriles is 1. The summed E-state index contributed by atoms with van der Waals surface area (Å²) in [5.41, 5.74) is -0.396. The van der Waals surface area contributed by atoms with E-state index in [0.29, 0.717) is 0 Å². The highest BCUT2D eigenvalue weighted by Gasteiger charge is 2.22. The number of rotatable bonds is 4. The Kier molecular flexibility index (Phi) is 3.99. The maximum atomic E-state index is 13.1. The van der Waals surface area contributed by atoms with E-state index >= 15 is 0 Å². The van der Waals surface area contributed by atoms with Gasteiger partial charge in [0, 0.05) is 0 Å². The Balaban J connectivity index is 2.45. The van der Waals surface area contributed by atoms with Gasteiger partial charge in [-0.05, 0) is 24.3 Å². The van der Waals surface area contributed by atoms with Crippen molar-refractivity contribution in [3.05, 3.63) is 41.3 Å². The first-order valence-corrected chi connectivity index (χ1v) is 8.99. The fourth-order valence-corrected chi connectivity index (χ4v) is 4.35. The second-order valence-corrected chi connectivity index (χ2v) is 8.08. The number of hydrogen-bond acceptors (Lipinski definition) is 6. The van der Waals surface area contributed by atoms with Crippen molar-refractivity contribution < 1.29 is 20.7 Å². The minimum atomic E-state index is -5.06. The first kappa shape index (κ1) is 15.4. The summed E-state index contributed by atoms with van der Waals surface area (Å²) >= 11 is 0.718. The number of hydrogen-bond donors (Lipinski definition) is 1. The Bertz CT molecular complexity index is 926. The lowest BCUT2D eigenvalue weighted by atomic mass is 10.3. The first-order valence-electron chi connectivity index (χ1n) is 5.30. The van der Waals surface area contributed by atoms with E-state index in [0.717, 1.165) is 23.5 Å². The molecule has 0 spiro atoms. The Morgan fingerprint density at radius 1 is 1.10 bits per heavy atom. The summed E-state index contributed by atoms with van der Waals surface area (Å²) in [7, 11) is -9.16. The molecule has 10 heteroatoms. The van der Waals surface area contributed by atoms with E-state index in [4.69, 9.17) is 5.26 Å². The van der Waals surface area contributed by atoms with Gasteiger partial charge in [0.25, 0.3) is 10.0 Å². The van der Waals surface area contributed by atoms with Crippen molar-refractivity contribution in [2.45, 2.75) is 9.10 Å². The number of sulfonamides is 1. The van der Waals surface area contributed by atoms with Crippen LogP contribution >= 0.6 is 11.3 Å². The Labute approximate surface area is 124 Å². The van der Waals surface area contributed by atoms with Crippen LogP contribution in [0.2, 0.25) is 0 Å². The van der Waals surface area contributed by atoms with Crippen molar-refractivity contribution in [2.24, 2.45) is 0 Å². The Morgan fingerprint density at radius 2 is 1.76 bits per heavy atom. The van der Waals surface area contributed by atoms with Gasteiger partial charge in [-0.3, -0.25) is 4.72 Å². The lowest BCUT2D eigenvalue weighted by Crippen LogP contribution is -2.13. The fourth-order valence-electron chi connectivity index (χ4n) is 1.48. The number of nitrogens with zero attached hydrogens (tertiary/aromatic N) is 1. The van der Waals surface area contributed by atoms with E-state index in [9.17, 15) is 20.7 Å². The third-order valence-electron chi connectivity index (χ3n) is 2.35. The lowest BCUT2D eigenvalue weighted by molar-refractivity contribution is 0.552. The number of anilines is 1. The standard InChI is InChI=1S/C11H7FN2O4S3/c12-20(15,16)10-4-2-1-3-9(10)14-21(17,18)11-6-5-8(7-13)19-11/h1-6,14H. The summed E-state index contributed by atoms with van der Waals surface area (Å²) in [6.45, 7) is 0. The third-order valence-corrected chi connectivity index (χ3v) is 6.08. The fraction of sp³-hybridized carbons (Fsp3) is 0. The molecule has 0 aliphatic heterocycles. The number of para-hydroxylation sites is 1. The van der Waals surface area contributed by atoms with Crippen LogP contribution in [0.15, 0.2) is 45.5 Å². The molecule has 1 N–H and O–H groups in total. The van der Waals surface area contributed by atoms with Gasteiger partial charge >= 0.3 is 10.2 Å². The van der Waals surface area contributed by atoms with Crippen LogP contribution in [0.25, 0.3) is 0 Å². The molecular weight excluding hydrogens is 339 g/mol. The summed E-state index contributed by atoms with van der Waals surface area (Å²) in [6, 6.07) is 9.02. The molecule has 0 radical (unpaired) electrons. The monoisotopic (exact) mass is 346 g/mol. The van der Waals surface area contributed by atoms with Crippen LogP contribution in [-0.4, -0.2) is 16.8 Å². The highest BCUT2D eigenvalue weighted by molar-refractivity contribution is 7.94. The molecule has 0 unspecified atom stereocenters. The quantitative estimate of drug-likeness (QED) is 0.854. The summed E-state index contributed by atoms with van der Waals surface area (Å²) in [5, 5.41) is 8.67. The van der Waals surface area contributed by atoms with Crippen molar-refractivity contribution in [3.8, 4) is 6.07 Å². The normalized spacial score (nSPS) is 11.8. The zero-order valence-electron chi connectivity index (χ0n) is 10.1. The van der Waals surface area contributed by atoms with E-state index in [1.165, 1.54) is 24.3 Å². The maximum Gasteiger partial charge on any atom is 0.334 e. The van der Waals surface area contributed by atoms with Crippen LogP contribution in [0.4, 0.5) is 9.57 Å². The smallest absolute Gasteiger partial charge is 0.278 e. The first-order chi connectivity index (χ1) is 9.74. The van der Waals surface area contributed by atoms with Crippen LogP contribution in [0.3, 0.4) is 0 Å². The maximum absolute atomic E-state index is 13.1. The average Bonchev–Trinajstić information content (AvgIpc) is 2.87. The molecule has 0 fully saturated rings. The molecule has 110 valence electrons. The van der Waals surface area contributed by atoms with Gasteiger partial charge in [-0.1, -0.05) is 12.1 Å². The molecule has 0 aliphatic rings. The van der Waals surface area contributed by atoms with E-state index in [1.807, 2.05) is 4.72 Å². The number of thiophene rings is 1. The molecule has 0 aliphatic carbocycles. The molecular formula is C11H7FN2O4S3. The molecule has 0 atom stereocenters. The van der Waals surface area contributed by atoms with Gasteiger partial charge in [0.1, 0.15) is 20.1 Å². The van der Waals surface area contributed by atoms with E-state index in [1.54, 1.807) is 6.07 Å². The molecule has 0 saturated heterocycles. The zero-order valence-corrected chi connectivity index (χ0v) is 12.6. The molecule has 1 aromatic carbocycles. The molecule has 21 heavy (non-hydrogen) atoms. The van der Waals surface area contributed by atoms with Crippen LogP contribution in [0.1, 0.15) is 4.88 Å². The van der Waals surface area contributed by atoms with Gasteiger partial charge in [0.2, 0.25) is 0 Å². The van der Waals surface area contributed by atoms with Crippen molar-refractivity contribution in [1.29, 1.82) is 5.26 Å². The summed E-state index contributed by atoms with van der Waals surface area (Å²) in [4.78, 5) is -0.590. The number of halogens is 1. The molecule has 0 bridgehead atoms. The predicted molar refractivity (Wildman–Crippen MR) is 74.6 cm³/mol. The number of nitrogens with one attached hydrogen (secondary N) is 1. The minimum Gasteiger partial charge on any atom is -0.278 e.